The number of fused-ring (bicyclic) bond motifs is 2. The van der Waals surface area contributed by atoms with E-state index in [0.717, 1.165) is 28.1 Å². The molecule has 0 atom stereocenters. The van der Waals surface area contributed by atoms with Crippen LogP contribution in [0.3, 0.4) is 0 Å². The summed E-state index contributed by atoms with van der Waals surface area (Å²) < 4.78 is 3.26. The normalized spacial score (nSPS) is 11.3. The third kappa shape index (κ3) is 2.63. The van der Waals surface area contributed by atoms with E-state index in [9.17, 15) is 4.79 Å². The summed E-state index contributed by atoms with van der Waals surface area (Å²) in [6.45, 7) is 5.01. The summed E-state index contributed by atoms with van der Waals surface area (Å²) in [6, 6.07) is 9.35. The second-order valence-electron chi connectivity index (χ2n) is 5.96. The lowest BCUT2D eigenvalue weighted by molar-refractivity contribution is 0.603. The maximum atomic E-state index is 12.5. The molecule has 0 aliphatic heterocycles. The van der Waals surface area contributed by atoms with E-state index in [2.05, 4.69) is 20.5 Å². The highest BCUT2D eigenvalue weighted by molar-refractivity contribution is 5.80. The van der Waals surface area contributed by atoms with Crippen molar-refractivity contribution >= 4 is 22.2 Å². The topological polar surface area (TPSA) is 77.1 Å². The zero-order chi connectivity index (χ0) is 17.4. The Morgan fingerprint density at radius 1 is 1.12 bits per heavy atom. The number of aryl methyl sites for hydroxylation is 1. The predicted octanol–water partition coefficient (Wildman–Crippen LogP) is 2.17. The van der Waals surface area contributed by atoms with E-state index >= 15 is 0 Å². The van der Waals surface area contributed by atoms with Crippen molar-refractivity contribution < 1.29 is 0 Å². The van der Waals surface area contributed by atoms with Crippen molar-refractivity contribution in [2.45, 2.75) is 20.4 Å². The maximum absolute atomic E-state index is 12.5. The van der Waals surface area contributed by atoms with E-state index in [-0.39, 0.29) is 5.56 Å². The third-order valence-electron chi connectivity index (χ3n) is 4.39. The monoisotopic (exact) mass is 334 g/mol. The number of aromatic nitrogens is 5. The first-order valence-corrected chi connectivity index (χ1v) is 8.15. The van der Waals surface area contributed by atoms with Crippen LogP contribution < -0.4 is 10.9 Å². The minimum Gasteiger partial charge on any atom is -0.368 e. The fourth-order valence-electron chi connectivity index (χ4n) is 2.91. The second-order valence-corrected chi connectivity index (χ2v) is 5.96. The first-order chi connectivity index (χ1) is 12.1. The lowest BCUT2D eigenvalue weighted by Gasteiger charge is -2.13. The van der Waals surface area contributed by atoms with Crippen LogP contribution in [-0.2, 0) is 6.54 Å². The van der Waals surface area contributed by atoms with Crippen molar-refractivity contribution in [2.24, 2.45) is 0 Å². The molecule has 126 valence electrons. The molecule has 0 saturated heterocycles. The fraction of sp³-hybridized carbons (Fsp3) is 0.222. The van der Waals surface area contributed by atoms with Gasteiger partial charge >= 0.3 is 0 Å². The van der Waals surface area contributed by atoms with Crippen LogP contribution in [0.2, 0.25) is 0 Å². The van der Waals surface area contributed by atoms with Crippen LogP contribution in [0.25, 0.3) is 16.4 Å². The van der Waals surface area contributed by atoms with Crippen molar-refractivity contribution in [1.29, 1.82) is 0 Å². The van der Waals surface area contributed by atoms with Crippen molar-refractivity contribution in [3.63, 3.8) is 0 Å². The molecule has 0 spiro atoms. The highest BCUT2D eigenvalue weighted by Gasteiger charge is 2.10. The second kappa shape index (κ2) is 6.01. The lowest BCUT2D eigenvalue weighted by atomic mass is 10.2. The molecule has 0 aliphatic carbocycles. The molecule has 0 bridgehead atoms. The molecule has 1 aromatic carbocycles. The lowest BCUT2D eigenvalue weighted by Crippen LogP contribution is -2.26. The van der Waals surface area contributed by atoms with E-state index in [4.69, 9.17) is 0 Å². The first kappa shape index (κ1) is 15.3. The minimum absolute atomic E-state index is 0.0771. The van der Waals surface area contributed by atoms with Gasteiger partial charge in [-0.25, -0.2) is 9.67 Å². The average molecular weight is 334 g/mol. The molecular weight excluding hydrogens is 316 g/mol. The van der Waals surface area contributed by atoms with Gasteiger partial charge in [-0.1, -0.05) is 18.2 Å². The van der Waals surface area contributed by atoms with Crippen molar-refractivity contribution in [3.8, 4) is 0 Å². The van der Waals surface area contributed by atoms with Gasteiger partial charge in [0, 0.05) is 29.3 Å². The first-order valence-electron chi connectivity index (χ1n) is 8.15. The molecule has 0 aliphatic rings. The zero-order valence-corrected chi connectivity index (χ0v) is 14.1. The Labute approximate surface area is 143 Å². The van der Waals surface area contributed by atoms with Crippen LogP contribution in [0, 0.1) is 13.8 Å². The van der Waals surface area contributed by atoms with Crippen LogP contribution in [0.4, 0.5) is 5.82 Å². The number of benzene rings is 1. The molecule has 0 amide bonds. The molecule has 0 saturated carbocycles. The number of rotatable bonds is 4. The Morgan fingerprint density at radius 2 is 1.96 bits per heavy atom. The van der Waals surface area contributed by atoms with Gasteiger partial charge in [-0.05, 0) is 19.9 Å². The molecule has 3 aromatic heterocycles. The molecule has 4 rings (SSSR count). The Balaban J connectivity index is 1.59. The number of hydrogen-bond acceptors (Lipinski definition) is 5. The molecule has 25 heavy (non-hydrogen) atoms. The highest BCUT2D eigenvalue weighted by Crippen LogP contribution is 2.18. The largest absolute Gasteiger partial charge is 0.368 e. The van der Waals surface area contributed by atoms with Gasteiger partial charge in [-0.15, -0.1) is 0 Å². The molecule has 7 heteroatoms. The molecule has 3 heterocycles. The smallest absolute Gasteiger partial charge is 0.274 e. The summed E-state index contributed by atoms with van der Waals surface area (Å²) >= 11 is 0. The number of anilines is 1. The summed E-state index contributed by atoms with van der Waals surface area (Å²) in [7, 11) is 0. The Kier molecular flexibility index (Phi) is 3.68. The van der Waals surface area contributed by atoms with E-state index in [1.807, 2.05) is 44.2 Å². The van der Waals surface area contributed by atoms with Crippen LogP contribution in [0.15, 0.2) is 47.5 Å². The van der Waals surface area contributed by atoms with Crippen molar-refractivity contribution in [3.05, 3.63) is 64.3 Å². The summed E-state index contributed by atoms with van der Waals surface area (Å²) in [6.07, 6.45) is 3.45. The van der Waals surface area contributed by atoms with Gasteiger partial charge in [0.15, 0.2) is 5.65 Å². The molecule has 0 radical (unpaired) electrons. The number of nitrogens with one attached hydrogen (secondary N) is 1. The Morgan fingerprint density at radius 3 is 2.84 bits per heavy atom. The molecule has 0 fully saturated rings. The summed E-state index contributed by atoms with van der Waals surface area (Å²) in [5.41, 5.74) is 2.71. The predicted molar refractivity (Wildman–Crippen MR) is 97.0 cm³/mol. The average Bonchev–Trinajstić information content (AvgIpc) is 3.08. The molecule has 0 unspecified atom stereocenters. The van der Waals surface area contributed by atoms with Gasteiger partial charge in [-0.2, -0.15) is 14.7 Å². The minimum atomic E-state index is -0.0771. The zero-order valence-electron chi connectivity index (χ0n) is 14.1. The van der Waals surface area contributed by atoms with Gasteiger partial charge in [0.2, 0.25) is 0 Å². The van der Waals surface area contributed by atoms with Crippen LogP contribution in [0.1, 0.15) is 11.3 Å². The SMILES string of the molecule is Cc1nc2ccnn2c(NCCn2ncc3ccccc3c2=O)c1C. The number of hydrogen-bond donors (Lipinski definition) is 1. The van der Waals surface area contributed by atoms with Crippen LogP contribution in [0.5, 0.6) is 0 Å². The van der Waals surface area contributed by atoms with Gasteiger partial charge in [0.1, 0.15) is 5.82 Å². The molecular formula is C18H18N6O. The number of nitrogens with zero attached hydrogens (tertiary/aromatic N) is 5. The van der Waals surface area contributed by atoms with Gasteiger partial charge in [0.25, 0.3) is 5.56 Å². The Hall–Kier alpha value is -3.22. The fourth-order valence-corrected chi connectivity index (χ4v) is 2.91. The molecule has 7 nitrogen and oxygen atoms in total. The molecule has 4 aromatic rings. The van der Waals surface area contributed by atoms with Crippen LogP contribution >= 0.6 is 0 Å². The molecule has 1 N–H and O–H groups in total. The van der Waals surface area contributed by atoms with Crippen molar-refractivity contribution in [2.75, 3.05) is 11.9 Å². The van der Waals surface area contributed by atoms with E-state index in [0.29, 0.717) is 18.5 Å². The van der Waals surface area contributed by atoms with Gasteiger partial charge in [0.05, 0.1) is 24.3 Å². The maximum Gasteiger partial charge on any atom is 0.274 e. The van der Waals surface area contributed by atoms with E-state index in [1.54, 1.807) is 16.9 Å². The summed E-state index contributed by atoms with van der Waals surface area (Å²) in [5, 5.41) is 13.5. The van der Waals surface area contributed by atoms with E-state index < -0.39 is 0 Å². The van der Waals surface area contributed by atoms with E-state index in [1.165, 1.54) is 4.68 Å². The standard InChI is InChI=1S/C18H18N6O/c1-12-13(2)22-16-7-8-20-24(16)17(12)19-9-10-23-18(25)15-6-4-3-5-14(15)11-21-23/h3-8,11,19H,9-10H2,1-2H3. The van der Waals surface area contributed by atoms with Gasteiger partial charge < -0.3 is 5.32 Å². The van der Waals surface area contributed by atoms with Crippen molar-refractivity contribution in [1.82, 2.24) is 24.4 Å². The van der Waals surface area contributed by atoms with Gasteiger partial charge in [-0.3, -0.25) is 4.79 Å². The highest BCUT2D eigenvalue weighted by atomic mass is 16.1. The summed E-state index contributed by atoms with van der Waals surface area (Å²) in [5.74, 6) is 0.890. The summed E-state index contributed by atoms with van der Waals surface area (Å²) in [4.78, 5) is 17.0. The van der Waals surface area contributed by atoms with Crippen LogP contribution in [-0.4, -0.2) is 30.9 Å². The third-order valence-corrected chi connectivity index (χ3v) is 4.39. The Bertz CT molecular complexity index is 1130. The quantitative estimate of drug-likeness (QED) is 0.619.